The number of hydrogen-bond donors (Lipinski definition) is 2. The van der Waals surface area contributed by atoms with Crippen molar-refractivity contribution in [3.05, 3.63) is 29.8 Å². The second-order valence-corrected chi connectivity index (χ2v) is 6.53. The Hall–Kier alpha value is -2.26. The zero-order chi connectivity index (χ0) is 16.9. The Morgan fingerprint density at radius 1 is 1.35 bits per heavy atom. The molecule has 2 unspecified atom stereocenters. The molecule has 1 aromatic rings. The van der Waals surface area contributed by atoms with Crippen LogP contribution in [0.3, 0.4) is 0 Å². The highest BCUT2D eigenvalue weighted by atomic mass is 16.6. The van der Waals surface area contributed by atoms with E-state index in [9.17, 15) is 4.79 Å². The Kier molecular flexibility index (Phi) is 5.45. The van der Waals surface area contributed by atoms with Crippen LogP contribution in [0.1, 0.15) is 32.8 Å². The molecular weight excluding hydrogens is 294 g/mol. The fourth-order valence-electron chi connectivity index (χ4n) is 2.18. The van der Waals surface area contributed by atoms with E-state index < -0.39 is 5.60 Å². The van der Waals surface area contributed by atoms with E-state index in [-0.39, 0.29) is 24.8 Å². The quantitative estimate of drug-likeness (QED) is 0.841. The molecule has 6 nitrogen and oxygen atoms in total. The predicted octanol–water partition coefficient (Wildman–Crippen LogP) is 2.34. The third-order valence-electron chi connectivity index (χ3n) is 3.31. The van der Waals surface area contributed by atoms with Gasteiger partial charge in [-0.15, -0.1) is 0 Å². The number of benzene rings is 1. The lowest BCUT2D eigenvalue weighted by atomic mass is 10.2. The van der Waals surface area contributed by atoms with E-state index in [0.29, 0.717) is 12.3 Å². The van der Waals surface area contributed by atoms with E-state index in [4.69, 9.17) is 14.7 Å². The first-order valence-corrected chi connectivity index (χ1v) is 7.69. The van der Waals surface area contributed by atoms with Crippen LogP contribution in [-0.4, -0.2) is 30.4 Å². The highest BCUT2D eigenvalue weighted by molar-refractivity contribution is 5.68. The minimum absolute atomic E-state index is 0.0310. The molecule has 23 heavy (non-hydrogen) atoms. The zero-order valence-corrected chi connectivity index (χ0v) is 13.8. The lowest BCUT2D eigenvalue weighted by Gasteiger charge is -2.19. The van der Waals surface area contributed by atoms with Gasteiger partial charge in [0.05, 0.1) is 0 Å². The fraction of sp³-hybridized carbons (Fsp3) is 0.529. The molecule has 1 aromatic carbocycles. The van der Waals surface area contributed by atoms with Crippen molar-refractivity contribution in [2.45, 2.75) is 51.4 Å². The van der Waals surface area contributed by atoms with E-state index in [1.54, 1.807) is 0 Å². The summed E-state index contributed by atoms with van der Waals surface area (Å²) in [7, 11) is 0. The number of hydrogen-bond acceptors (Lipinski definition) is 5. The molecule has 0 aliphatic heterocycles. The lowest BCUT2D eigenvalue weighted by molar-refractivity contribution is 0.0522. The second kappa shape index (κ2) is 7.34. The molecule has 0 aromatic heterocycles. The van der Waals surface area contributed by atoms with Crippen LogP contribution < -0.4 is 15.4 Å². The number of nitriles is 1. The summed E-state index contributed by atoms with van der Waals surface area (Å²) in [6, 6.07) is 9.89. The van der Waals surface area contributed by atoms with Crippen molar-refractivity contribution >= 4 is 6.09 Å². The van der Waals surface area contributed by atoms with E-state index >= 15 is 0 Å². The van der Waals surface area contributed by atoms with Gasteiger partial charge >= 0.3 is 6.09 Å². The predicted molar refractivity (Wildman–Crippen MR) is 86.0 cm³/mol. The SMILES string of the molecule is CC(C)(C)OC(=O)NC1CC1NCc1ccccc1OCC#N. The third kappa shape index (κ3) is 5.80. The summed E-state index contributed by atoms with van der Waals surface area (Å²) in [5, 5.41) is 14.8. The van der Waals surface area contributed by atoms with Gasteiger partial charge in [0.1, 0.15) is 17.4 Å². The van der Waals surface area contributed by atoms with Gasteiger partial charge in [0.25, 0.3) is 0 Å². The van der Waals surface area contributed by atoms with Gasteiger partial charge in [-0.1, -0.05) is 18.2 Å². The molecule has 1 aliphatic rings. The number of amides is 1. The summed E-state index contributed by atoms with van der Waals surface area (Å²) in [4.78, 5) is 11.7. The molecule has 2 atom stereocenters. The van der Waals surface area contributed by atoms with Crippen molar-refractivity contribution in [2.75, 3.05) is 6.61 Å². The molecule has 0 heterocycles. The Labute approximate surface area is 136 Å². The standard InChI is InChI=1S/C17H23N3O3/c1-17(2,3)23-16(21)20-14-10-13(14)19-11-12-6-4-5-7-15(12)22-9-8-18/h4-7,13-14,19H,9-11H2,1-3H3,(H,20,21). The van der Waals surface area contributed by atoms with E-state index in [1.807, 2.05) is 51.1 Å². The Morgan fingerprint density at radius 3 is 2.78 bits per heavy atom. The van der Waals surface area contributed by atoms with Gasteiger partial charge in [-0.25, -0.2) is 4.79 Å². The number of nitrogens with zero attached hydrogens (tertiary/aromatic N) is 1. The van der Waals surface area contributed by atoms with Gasteiger partial charge in [-0.05, 0) is 33.3 Å². The summed E-state index contributed by atoms with van der Waals surface area (Å²) in [5.74, 6) is 0.707. The molecule has 1 fully saturated rings. The van der Waals surface area contributed by atoms with Gasteiger partial charge < -0.3 is 20.1 Å². The third-order valence-corrected chi connectivity index (χ3v) is 3.31. The summed E-state index contributed by atoms with van der Waals surface area (Å²) < 4.78 is 10.6. The van der Waals surface area contributed by atoms with E-state index in [2.05, 4.69) is 10.6 Å². The normalized spacial score (nSPS) is 19.6. The van der Waals surface area contributed by atoms with E-state index in [0.717, 1.165) is 12.0 Å². The number of ether oxygens (including phenoxy) is 2. The van der Waals surface area contributed by atoms with Crippen LogP contribution in [-0.2, 0) is 11.3 Å². The summed E-state index contributed by atoms with van der Waals surface area (Å²) in [6.45, 7) is 6.18. The molecule has 0 saturated heterocycles. The molecule has 1 amide bonds. The Balaban J connectivity index is 1.76. The first kappa shape index (κ1) is 17.1. The van der Waals surface area contributed by atoms with Gasteiger partial charge in [0.2, 0.25) is 0 Å². The molecule has 2 N–H and O–H groups in total. The van der Waals surface area contributed by atoms with E-state index in [1.165, 1.54) is 0 Å². The zero-order valence-electron chi connectivity index (χ0n) is 13.8. The largest absolute Gasteiger partial charge is 0.478 e. The van der Waals surface area contributed by atoms with Gasteiger partial charge in [0, 0.05) is 24.2 Å². The molecule has 1 saturated carbocycles. The van der Waals surface area contributed by atoms with Crippen LogP contribution in [0.5, 0.6) is 5.75 Å². The molecule has 0 radical (unpaired) electrons. The number of rotatable bonds is 6. The first-order valence-electron chi connectivity index (χ1n) is 7.69. The van der Waals surface area contributed by atoms with Crippen molar-refractivity contribution in [1.29, 1.82) is 5.26 Å². The maximum absolute atomic E-state index is 11.7. The monoisotopic (exact) mass is 317 g/mol. The Bertz CT molecular complexity index is 589. The van der Waals surface area contributed by atoms with Gasteiger partial charge in [-0.2, -0.15) is 5.26 Å². The van der Waals surface area contributed by atoms with Crippen LogP contribution in [0.15, 0.2) is 24.3 Å². The maximum Gasteiger partial charge on any atom is 0.407 e. The smallest absolute Gasteiger partial charge is 0.407 e. The van der Waals surface area contributed by atoms with Crippen LogP contribution >= 0.6 is 0 Å². The lowest BCUT2D eigenvalue weighted by Crippen LogP contribution is -2.36. The summed E-state index contributed by atoms with van der Waals surface area (Å²) in [5.41, 5.74) is 0.504. The van der Waals surface area contributed by atoms with Crippen molar-refractivity contribution in [1.82, 2.24) is 10.6 Å². The van der Waals surface area contributed by atoms with Crippen LogP contribution in [0, 0.1) is 11.3 Å². The maximum atomic E-state index is 11.7. The molecule has 1 aliphatic carbocycles. The number of nitrogens with one attached hydrogen (secondary N) is 2. The van der Waals surface area contributed by atoms with Crippen LogP contribution in [0.4, 0.5) is 4.79 Å². The molecule has 2 rings (SSSR count). The van der Waals surface area contributed by atoms with Crippen molar-refractivity contribution in [3.8, 4) is 11.8 Å². The molecule has 6 heteroatoms. The number of alkyl carbamates (subject to hydrolysis) is 1. The fourth-order valence-corrected chi connectivity index (χ4v) is 2.18. The van der Waals surface area contributed by atoms with Gasteiger partial charge in [-0.3, -0.25) is 0 Å². The highest BCUT2D eigenvalue weighted by Gasteiger charge is 2.38. The van der Waals surface area contributed by atoms with Crippen molar-refractivity contribution in [3.63, 3.8) is 0 Å². The molecule has 0 spiro atoms. The number of para-hydroxylation sites is 1. The minimum atomic E-state index is -0.487. The topological polar surface area (TPSA) is 83.4 Å². The van der Waals surface area contributed by atoms with Crippen molar-refractivity contribution in [2.24, 2.45) is 0 Å². The Morgan fingerprint density at radius 2 is 2.09 bits per heavy atom. The molecule has 0 bridgehead atoms. The van der Waals surface area contributed by atoms with Gasteiger partial charge in [0.15, 0.2) is 6.61 Å². The number of carbonyl (C=O) groups excluding carboxylic acids is 1. The molecule has 124 valence electrons. The van der Waals surface area contributed by atoms with Crippen molar-refractivity contribution < 1.29 is 14.3 Å². The molecular formula is C17H23N3O3. The van der Waals surface area contributed by atoms with Crippen LogP contribution in [0.2, 0.25) is 0 Å². The van der Waals surface area contributed by atoms with Crippen LogP contribution in [0.25, 0.3) is 0 Å². The number of carbonyl (C=O) groups is 1. The first-order chi connectivity index (χ1) is 10.9. The summed E-state index contributed by atoms with van der Waals surface area (Å²) >= 11 is 0. The summed E-state index contributed by atoms with van der Waals surface area (Å²) in [6.07, 6.45) is 0.491. The second-order valence-electron chi connectivity index (χ2n) is 6.53. The average molecular weight is 317 g/mol. The minimum Gasteiger partial charge on any atom is -0.478 e. The average Bonchev–Trinajstić information content (AvgIpc) is 3.19. The highest BCUT2D eigenvalue weighted by Crippen LogP contribution is 2.24.